The van der Waals surface area contributed by atoms with Gasteiger partial charge in [-0.1, -0.05) is 36.3 Å². The minimum Gasteiger partial charge on any atom is -0.451 e. The monoisotopic (exact) mass is 878 g/mol. The van der Waals surface area contributed by atoms with Gasteiger partial charge in [0.25, 0.3) is 5.91 Å². The molecule has 2 aromatic carbocycles. The van der Waals surface area contributed by atoms with E-state index in [1.54, 1.807) is 28.7 Å². The lowest BCUT2D eigenvalue weighted by Gasteiger charge is -2.35. The molecule has 4 amide bonds. The molecule has 0 radical (unpaired) electrons. The molecule has 8 heterocycles. The summed E-state index contributed by atoms with van der Waals surface area (Å²) in [5.41, 5.74) is 5.79. The van der Waals surface area contributed by atoms with Crippen LogP contribution in [0.4, 0.5) is 5.82 Å². The Bertz CT molecular complexity index is 2840. The van der Waals surface area contributed by atoms with Crippen molar-refractivity contribution in [2.45, 2.75) is 76.8 Å². The number of nitrogens with zero attached hydrogens (tertiary/aromatic N) is 9. The quantitative estimate of drug-likeness (QED) is 0.153. The molecule has 4 aromatic heterocycles. The van der Waals surface area contributed by atoms with Crippen molar-refractivity contribution in [2.75, 3.05) is 44.2 Å². The lowest BCUT2D eigenvalue weighted by molar-refractivity contribution is -0.136. The van der Waals surface area contributed by atoms with Crippen LogP contribution in [0, 0.1) is 11.8 Å². The van der Waals surface area contributed by atoms with E-state index >= 15 is 0 Å². The number of furan rings is 1. The predicted octanol–water partition coefficient (Wildman–Crippen LogP) is 5.97. The number of anilines is 1. The Morgan fingerprint density at radius 3 is 2.32 bits per heavy atom. The van der Waals surface area contributed by atoms with E-state index in [4.69, 9.17) is 9.40 Å². The molecule has 0 spiro atoms. The van der Waals surface area contributed by atoms with Crippen LogP contribution in [0.25, 0.3) is 38.7 Å². The summed E-state index contributed by atoms with van der Waals surface area (Å²) < 4.78 is 10.8. The van der Waals surface area contributed by atoms with Crippen LogP contribution in [0.1, 0.15) is 86.4 Å². The minimum atomic E-state index is -0.717. The fourth-order valence-corrected chi connectivity index (χ4v) is 10.3. The normalized spacial score (nSPS) is 19.0. The third kappa shape index (κ3) is 8.73. The second kappa shape index (κ2) is 18.0. The average Bonchev–Trinajstić information content (AvgIpc) is 4.09. The summed E-state index contributed by atoms with van der Waals surface area (Å²) >= 11 is 0. The number of hydrogen-bond donors (Lipinski definition) is 1. The molecule has 4 aliphatic rings. The highest BCUT2D eigenvalue weighted by molar-refractivity contribution is 6.00. The number of carbonyl (C=O) groups is 4. The predicted molar refractivity (Wildman–Crippen MR) is 245 cm³/mol. The number of likely N-dealkylation sites (tertiary alicyclic amines) is 1. The highest BCUT2D eigenvalue weighted by atomic mass is 16.3. The first-order valence-electron chi connectivity index (χ1n) is 23.1. The number of fused-ring (bicyclic) bond motifs is 2. The standard InChI is InChI=1S/C49H54N10O6/c1-54-41-28-35(6-9-39(41)59(49(54)64)40-10-13-45(60)52-47(40)62)36-8-12-44(50-30-36)55-21-14-32(15-22-55)4-5-33-16-23-56(24-17-33)48(63)43-29-38-27-34(7-11-42(38)65-43)37-3-2-20-57(31-37)46(61)18-25-58-26-19-51-53-58/h3,6-9,11-12,19,26-30,32-33,40H,2,4-5,10,13-18,20-25,31H2,1H3,(H,52,60,62). The van der Waals surface area contributed by atoms with Gasteiger partial charge in [-0.3, -0.25) is 38.3 Å². The zero-order chi connectivity index (χ0) is 44.6. The van der Waals surface area contributed by atoms with Crippen LogP contribution in [0.15, 0.2) is 88.5 Å². The number of imide groups is 1. The van der Waals surface area contributed by atoms with Gasteiger partial charge in [-0.2, -0.15) is 0 Å². The molecule has 1 N–H and O–H groups in total. The first-order chi connectivity index (χ1) is 31.6. The first-order valence-corrected chi connectivity index (χ1v) is 23.1. The van der Waals surface area contributed by atoms with Crippen molar-refractivity contribution >= 4 is 57.0 Å². The number of benzene rings is 2. The maximum absolute atomic E-state index is 13.6. The van der Waals surface area contributed by atoms with Crippen LogP contribution in [-0.2, 0) is 28.0 Å². The summed E-state index contributed by atoms with van der Waals surface area (Å²) in [6, 6.07) is 17.1. The van der Waals surface area contributed by atoms with Crippen molar-refractivity contribution in [3.8, 4) is 11.1 Å². The van der Waals surface area contributed by atoms with E-state index in [1.165, 1.54) is 17.4 Å². The second-order valence-corrected chi connectivity index (χ2v) is 18.1. The van der Waals surface area contributed by atoms with Crippen molar-refractivity contribution in [1.82, 2.24) is 44.2 Å². The number of rotatable bonds is 11. The number of pyridine rings is 1. The van der Waals surface area contributed by atoms with Gasteiger partial charge in [0.1, 0.15) is 17.4 Å². The minimum absolute atomic E-state index is 0.0500. The third-order valence-electron chi connectivity index (χ3n) is 14.1. The van der Waals surface area contributed by atoms with Gasteiger partial charge in [0, 0.05) is 82.5 Å². The molecule has 65 heavy (non-hydrogen) atoms. The molecule has 6 aromatic rings. The number of carbonyl (C=O) groups excluding carboxylic acids is 4. The number of aryl methyl sites for hydroxylation is 2. The Kier molecular flexibility index (Phi) is 11.6. The van der Waals surface area contributed by atoms with Crippen molar-refractivity contribution < 1.29 is 23.6 Å². The summed E-state index contributed by atoms with van der Waals surface area (Å²) in [7, 11) is 1.70. The highest BCUT2D eigenvalue weighted by Crippen LogP contribution is 2.33. The summed E-state index contributed by atoms with van der Waals surface area (Å²) in [6.45, 7) is 5.15. The zero-order valence-electron chi connectivity index (χ0n) is 36.7. The number of amides is 4. The van der Waals surface area contributed by atoms with E-state index in [1.807, 2.05) is 52.4 Å². The summed E-state index contributed by atoms with van der Waals surface area (Å²) in [6.07, 6.45) is 15.8. The maximum atomic E-state index is 13.6. The van der Waals surface area contributed by atoms with Gasteiger partial charge in [-0.15, -0.1) is 5.10 Å². The van der Waals surface area contributed by atoms with Crippen LogP contribution >= 0.6 is 0 Å². The fraction of sp³-hybridized carbons (Fsp3) is 0.429. The van der Waals surface area contributed by atoms with Crippen molar-refractivity contribution in [3.63, 3.8) is 0 Å². The van der Waals surface area contributed by atoms with E-state index in [0.29, 0.717) is 61.2 Å². The molecule has 16 heteroatoms. The van der Waals surface area contributed by atoms with Crippen molar-refractivity contribution in [3.05, 3.63) is 101 Å². The van der Waals surface area contributed by atoms with Gasteiger partial charge >= 0.3 is 5.69 Å². The number of imidazole rings is 1. The Morgan fingerprint density at radius 1 is 0.815 bits per heavy atom. The molecule has 3 saturated heterocycles. The topological polar surface area (TPSA) is 174 Å². The lowest BCUT2D eigenvalue weighted by Crippen LogP contribution is -2.44. The molecule has 0 saturated carbocycles. The van der Waals surface area contributed by atoms with Crippen LogP contribution in [0.5, 0.6) is 0 Å². The largest absolute Gasteiger partial charge is 0.451 e. The summed E-state index contributed by atoms with van der Waals surface area (Å²) in [5.74, 6) is 1.92. The van der Waals surface area contributed by atoms with Crippen LogP contribution in [0.3, 0.4) is 0 Å². The van der Waals surface area contributed by atoms with Gasteiger partial charge in [-0.05, 0) is 110 Å². The van der Waals surface area contributed by atoms with Crippen molar-refractivity contribution in [2.24, 2.45) is 18.9 Å². The second-order valence-electron chi connectivity index (χ2n) is 18.1. The van der Waals surface area contributed by atoms with Crippen LogP contribution < -0.4 is 15.9 Å². The van der Waals surface area contributed by atoms with E-state index in [2.05, 4.69) is 44.8 Å². The SMILES string of the molecule is Cn1c(=O)n(C2CCC(=O)NC2=O)c2ccc(-c3ccc(N4CCC(CCC5CCN(C(=O)c6cc7cc(C8=CCCN(C(=O)CCn9ccnn9)C8)ccc7o6)CC5)CC4)nc3)cc21. The third-order valence-corrected chi connectivity index (χ3v) is 14.1. The average molecular weight is 879 g/mol. The van der Waals surface area contributed by atoms with Gasteiger partial charge < -0.3 is 19.1 Å². The van der Waals surface area contributed by atoms with Gasteiger partial charge in [0.15, 0.2) is 5.76 Å². The summed E-state index contributed by atoms with van der Waals surface area (Å²) in [5, 5.41) is 11.0. The number of hydrogen-bond acceptors (Lipinski definition) is 10. The number of nitrogens with one attached hydrogen (secondary N) is 1. The fourth-order valence-electron chi connectivity index (χ4n) is 10.3. The highest BCUT2D eigenvalue weighted by Gasteiger charge is 2.32. The smallest absolute Gasteiger partial charge is 0.329 e. The lowest BCUT2D eigenvalue weighted by atomic mass is 9.85. The molecule has 0 aliphatic carbocycles. The van der Waals surface area contributed by atoms with E-state index in [-0.39, 0.29) is 29.8 Å². The first kappa shape index (κ1) is 42.1. The zero-order valence-corrected chi connectivity index (χ0v) is 36.7. The molecule has 336 valence electrons. The molecule has 1 unspecified atom stereocenters. The van der Waals surface area contributed by atoms with Crippen LogP contribution in [0.2, 0.25) is 0 Å². The molecule has 16 nitrogen and oxygen atoms in total. The van der Waals surface area contributed by atoms with Crippen molar-refractivity contribution in [1.29, 1.82) is 0 Å². The molecule has 3 fully saturated rings. The Morgan fingerprint density at radius 2 is 1.58 bits per heavy atom. The molecule has 10 rings (SSSR count). The summed E-state index contributed by atoms with van der Waals surface area (Å²) in [4.78, 5) is 75.2. The van der Waals surface area contributed by atoms with Gasteiger partial charge in [-0.25, -0.2) is 9.78 Å². The molecule has 0 bridgehead atoms. The Hall–Kier alpha value is -6.84. The van der Waals surface area contributed by atoms with E-state index in [9.17, 15) is 24.0 Å². The number of piperidine rings is 3. The van der Waals surface area contributed by atoms with Gasteiger partial charge in [0.2, 0.25) is 17.7 Å². The van der Waals surface area contributed by atoms with E-state index in [0.717, 1.165) is 97.3 Å². The molecule has 4 aliphatic heterocycles. The molecular weight excluding hydrogens is 825 g/mol. The Balaban J connectivity index is 0.675. The maximum Gasteiger partial charge on any atom is 0.329 e. The number of aromatic nitrogens is 6. The Labute approximate surface area is 375 Å². The van der Waals surface area contributed by atoms with E-state index < -0.39 is 11.9 Å². The van der Waals surface area contributed by atoms with Gasteiger partial charge in [0.05, 0.1) is 23.8 Å². The molecular formula is C49H54N10O6. The molecule has 1 atom stereocenters. The van der Waals surface area contributed by atoms with Crippen LogP contribution in [-0.4, -0.2) is 102 Å².